The first kappa shape index (κ1) is 13.7. The van der Waals surface area contributed by atoms with Gasteiger partial charge in [0.05, 0.1) is 0 Å². The van der Waals surface area contributed by atoms with Crippen molar-refractivity contribution in [3.63, 3.8) is 0 Å². The van der Waals surface area contributed by atoms with E-state index >= 15 is 0 Å². The Morgan fingerprint density at radius 2 is 1.73 bits per heavy atom. The van der Waals surface area contributed by atoms with Crippen molar-refractivity contribution < 1.29 is 5.11 Å². The van der Waals surface area contributed by atoms with Crippen LogP contribution in [0.3, 0.4) is 0 Å². The van der Waals surface area contributed by atoms with Crippen LogP contribution in [0.25, 0.3) is 11.1 Å². The first-order valence-electron chi connectivity index (χ1n) is 8.05. The van der Waals surface area contributed by atoms with Crippen LogP contribution in [-0.4, -0.2) is 18.2 Å². The second-order valence-electron chi connectivity index (χ2n) is 7.73. The molecule has 2 aromatic carbocycles. The second kappa shape index (κ2) is 4.28. The zero-order chi connectivity index (χ0) is 15.5. The van der Waals surface area contributed by atoms with Crippen molar-refractivity contribution >= 4 is 5.69 Å². The standard InChI is InChI=1S/C20H23NO/c1-14-7-8-18(22)17(9-14)15-5-4-6-16(10-15)21-12-19(2)11-20(19,3)13-21/h4-10,22H,11-13H2,1-3H3. The van der Waals surface area contributed by atoms with Gasteiger partial charge in [-0.25, -0.2) is 0 Å². The fourth-order valence-electron chi connectivity index (χ4n) is 4.14. The van der Waals surface area contributed by atoms with E-state index in [-0.39, 0.29) is 0 Å². The summed E-state index contributed by atoms with van der Waals surface area (Å²) < 4.78 is 0. The molecule has 0 spiro atoms. The predicted molar refractivity (Wildman–Crippen MR) is 91.3 cm³/mol. The number of fused-ring (bicyclic) bond motifs is 1. The Labute approximate surface area is 132 Å². The normalized spacial score (nSPS) is 29.5. The number of hydrogen-bond donors (Lipinski definition) is 1. The van der Waals surface area contributed by atoms with Gasteiger partial charge >= 0.3 is 0 Å². The summed E-state index contributed by atoms with van der Waals surface area (Å²) in [5.41, 5.74) is 5.44. The number of nitrogens with zero attached hydrogens (tertiary/aromatic N) is 1. The topological polar surface area (TPSA) is 23.5 Å². The highest BCUT2D eigenvalue weighted by molar-refractivity contribution is 5.74. The minimum Gasteiger partial charge on any atom is -0.507 e. The van der Waals surface area contributed by atoms with Crippen LogP contribution in [0.1, 0.15) is 25.8 Å². The van der Waals surface area contributed by atoms with E-state index in [4.69, 9.17) is 0 Å². The molecule has 1 saturated heterocycles. The lowest BCUT2D eigenvalue weighted by Gasteiger charge is -2.23. The van der Waals surface area contributed by atoms with E-state index < -0.39 is 0 Å². The molecule has 114 valence electrons. The van der Waals surface area contributed by atoms with Crippen molar-refractivity contribution in [2.24, 2.45) is 10.8 Å². The molecule has 4 rings (SSSR count). The molecule has 1 aliphatic heterocycles. The number of aromatic hydroxyl groups is 1. The van der Waals surface area contributed by atoms with Crippen molar-refractivity contribution in [3.8, 4) is 16.9 Å². The van der Waals surface area contributed by atoms with Crippen molar-refractivity contribution in [1.82, 2.24) is 0 Å². The summed E-state index contributed by atoms with van der Waals surface area (Å²) in [4.78, 5) is 2.50. The molecular weight excluding hydrogens is 270 g/mol. The molecule has 2 atom stereocenters. The third-order valence-corrected chi connectivity index (χ3v) is 5.87. The highest BCUT2D eigenvalue weighted by Crippen LogP contribution is 2.68. The zero-order valence-electron chi connectivity index (χ0n) is 13.6. The monoisotopic (exact) mass is 293 g/mol. The summed E-state index contributed by atoms with van der Waals surface area (Å²) in [6.07, 6.45) is 1.36. The second-order valence-corrected chi connectivity index (χ2v) is 7.73. The molecule has 2 nitrogen and oxygen atoms in total. The van der Waals surface area contributed by atoms with Crippen molar-refractivity contribution in [3.05, 3.63) is 48.0 Å². The number of anilines is 1. The van der Waals surface area contributed by atoms with Crippen LogP contribution in [-0.2, 0) is 0 Å². The fraction of sp³-hybridized carbons (Fsp3) is 0.400. The van der Waals surface area contributed by atoms with Gasteiger partial charge in [-0.15, -0.1) is 0 Å². The van der Waals surface area contributed by atoms with E-state index in [0.29, 0.717) is 16.6 Å². The van der Waals surface area contributed by atoms with Gasteiger partial charge in [0.25, 0.3) is 0 Å². The molecule has 1 saturated carbocycles. The van der Waals surface area contributed by atoms with E-state index in [1.807, 2.05) is 6.07 Å². The van der Waals surface area contributed by atoms with Crippen LogP contribution in [0.15, 0.2) is 42.5 Å². The third kappa shape index (κ3) is 1.93. The molecule has 1 N–H and O–H groups in total. The molecule has 2 fully saturated rings. The zero-order valence-corrected chi connectivity index (χ0v) is 13.6. The number of phenols is 1. The summed E-state index contributed by atoms with van der Waals surface area (Å²) in [6, 6.07) is 14.4. The highest BCUT2D eigenvalue weighted by Gasteiger charge is 2.66. The van der Waals surface area contributed by atoms with Gasteiger partial charge in [0.15, 0.2) is 0 Å². The Morgan fingerprint density at radius 1 is 1.00 bits per heavy atom. The predicted octanol–water partition coefficient (Wildman–Crippen LogP) is 4.60. The molecule has 1 aliphatic carbocycles. The van der Waals surface area contributed by atoms with Crippen LogP contribution in [0.5, 0.6) is 5.75 Å². The number of rotatable bonds is 2. The molecule has 2 aromatic rings. The van der Waals surface area contributed by atoms with E-state index in [1.165, 1.54) is 17.7 Å². The van der Waals surface area contributed by atoms with Gasteiger partial charge in [-0.2, -0.15) is 0 Å². The first-order valence-corrected chi connectivity index (χ1v) is 8.05. The van der Waals surface area contributed by atoms with E-state index in [0.717, 1.165) is 24.2 Å². The lowest BCUT2D eigenvalue weighted by molar-refractivity contribution is 0.477. The molecule has 2 aliphatic rings. The maximum atomic E-state index is 10.2. The van der Waals surface area contributed by atoms with Gasteiger partial charge in [-0.3, -0.25) is 0 Å². The quantitative estimate of drug-likeness (QED) is 0.874. The van der Waals surface area contributed by atoms with Gasteiger partial charge in [-0.05, 0) is 54.0 Å². The Balaban J connectivity index is 1.68. The van der Waals surface area contributed by atoms with Gasteiger partial charge in [-0.1, -0.05) is 37.6 Å². The van der Waals surface area contributed by atoms with Crippen molar-refractivity contribution in [2.75, 3.05) is 18.0 Å². The average Bonchev–Trinajstić information content (AvgIpc) is 2.90. The molecular formula is C20H23NO. The number of hydrogen-bond acceptors (Lipinski definition) is 2. The van der Waals surface area contributed by atoms with Crippen LogP contribution < -0.4 is 4.90 Å². The van der Waals surface area contributed by atoms with Crippen LogP contribution >= 0.6 is 0 Å². The Morgan fingerprint density at radius 3 is 2.45 bits per heavy atom. The summed E-state index contributed by atoms with van der Waals surface area (Å²) in [5.74, 6) is 0.353. The van der Waals surface area contributed by atoms with Gasteiger partial charge in [0.1, 0.15) is 5.75 Å². The largest absolute Gasteiger partial charge is 0.507 e. The smallest absolute Gasteiger partial charge is 0.123 e. The summed E-state index contributed by atoms with van der Waals surface area (Å²) in [7, 11) is 0. The molecule has 0 aromatic heterocycles. The van der Waals surface area contributed by atoms with Crippen LogP contribution in [0.4, 0.5) is 5.69 Å². The van der Waals surface area contributed by atoms with Crippen molar-refractivity contribution in [1.29, 1.82) is 0 Å². The maximum absolute atomic E-state index is 10.2. The summed E-state index contributed by atoms with van der Waals surface area (Å²) in [6.45, 7) is 9.16. The Kier molecular flexibility index (Phi) is 2.66. The SMILES string of the molecule is Cc1ccc(O)c(-c2cccc(N3CC4(C)CC4(C)C3)c2)c1. The number of piperidine rings is 1. The van der Waals surface area contributed by atoms with Gasteiger partial charge in [0, 0.05) is 24.3 Å². The van der Waals surface area contributed by atoms with Crippen LogP contribution in [0, 0.1) is 17.8 Å². The fourth-order valence-corrected chi connectivity index (χ4v) is 4.14. The molecule has 0 bridgehead atoms. The van der Waals surface area contributed by atoms with E-state index in [1.54, 1.807) is 6.07 Å². The first-order chi connectivity index (χ1) is 10.4. The van der Waals surface area contributed by atoms with Gasteiger partial charge in [0.2, 0.25) is 0 Å². The number of aryl methyl sites for hydroxylation is 1. The molecule has 0 amide bonds. The maximum Gasteiger partial charge on any atom is 0.123 e. The molecule has 2 unspecified atom stereocenters. The van der Waals surface area contributed by atoms with E-state index in [9.17, 15) is 5.11 Å². The van der Waals surface area contributed by atoms with E-state index in [2.05, 4.69) is 56.0 Å². The lowest BCUT2D eigenvalue weighted by atomic mass is 10.0. The number of benzene rings is 2. The Hall–Kier alpha value is -1.96. The highest BCUT2D eigenvalue weighted by atomic mass is 16.3. The molecule has 22 heavy (non-hydrogen) atoms. The number of phenolic OH excluding ortho intramolecular Hbond substituents is 1. The Bertz CT molecular complexity index is 737. The molecule has 1 heterocycles. The molecule has 0 radical (unpaired) electrons. The third-order valence-electron chi connectivity index (χ3n) is 5.87. The molecule has 2 heteroatoms. The van der Waals surface area contributed by atoms with Gasteiger partial charge < -0.3 is 10.0 Å². The summed E-state index contributed by atoms with van der Waals surface area (Å²) >= 11 is 0. The average molecular weight is 293 g/mol. The minimum atomic E-state index is 0.353. The van der Waals surface area contributed by atoms with Crippen molar-refractivity contribution in [2.45, 2.75) is 27.2 Å². The summed E-state index contributed by atoms with van der Waals surface area (Å²) in [5, 5.41) is 10.2. The minimum absolute atomic E-state index is 0.353. The van der Waals surface area contributed by atoms with Crippen LogP contribution in [0.2, 0.25) is 0 Å². The lowest BCUT2D eigenvalue weighted by Crippen LogP contribution is -2.24.